The molecule has 1 saturated heterocycles. The van der Waals surface area contributed by atoms with Crippen molar-refractivity contribution >= 4 is 35.0 Å². The van der Waals surface area contributed by atoms with E-state index in [9.17, 15) is 22.8 Å². The van der Waals surface area contributed by atoms with E-state index < -0.39 is 23.8 Å². The monoisotopic (exact) mass is 451 g/mol. The standard InChI is InChI=1S/C16H23N3O3S.C2HF3O2/c1-11(20)23-14-5-6-17-8-12(14)7-13-9-18-10-19(13)15(21)22-16(2,3)4;3-2(4,5)1(6)7/h7,9-10,14,17H,5-6,8H2,1-4H3;(H,6,7)/b12-7+;. The summed E-state index contributed by atoms with van der Waals surface area (Å²) in [5.41, 5.74) is 1.18. The average Bonchev–Trinajstić information content (AvgIpc) is 3.02. The largest absolute Gasteiger partial charge is 0.490 e. The van der Waals surface area contributed by atoms with E-state index in [-0.39, 0.29) is 10.4 Å². The van der Waals surface area contributed by atoms with E-state index in [2.05, 4.69) is 10.3 Å². The average molecular weight is 451 g/mol. The number of aromatic nitrogens is 2. The smallest absolute Gasteiger partial charge is 0.475 e. The van der Waals surface area contributed by atoms with E-state index in [1.807, 2.05) is 26.8 Å². The molecular formula is C18H24F3N3O5S. The Labute approximate surface area is 175 Å². The van der Waals surface area contributed by atoms with Gasteiger partial charge in [-0.25, -0.2) is 19.1 Å². The molecule has 168 valence electrons. The first-order chi connectivity index (χ1) is 13.7. The van der Waals surface area contributed by atoms with Crippen molar-refractivity contribution in [2.75, 3.05) is 13.1 Å². The van der Waals surface area contributed by atoms with Gasteiger partial charge >= 0.3 is 18.2 Å². The van der Waals surface area contributed by atoms with Crippen LogP contribution in [0.1, 0.15) is 39.8 Å². The van der Waals surface area contributed by atoms with E-state index in [1.54, 1.807) is 13.1 Å². The zero-order chi connectivity index (χ0) is 23.1. The second-order valence-corrected chi connectivity index (χ2v) is 8.63. The lowest BCUT2D eigenvalue weighted by atomic mass is 10.0. The molecule has 0 amide bonds. The third-order valence-corrected chi connectivity index (χ3v) is 4.62. The number of carbonyl (C=O) groups excluding carboxylic acids is 2. The minimum atomic E-state index is -5.08. The topological polar surface area (TPSA) is 111 Å². The summed E-state index contributed by atoms with van der Waals surface area (Å²) in [6.07, 6.45) is 0.340. The fraction of sp³-hybridized carbons (Fsp3) is 0.556. The molecule has 2 N–H and O–H groups in total. The number of alkyl halides is 3. The number of thioether (sulfide) groups is 1. The number of imidazole rings is 1. The van der Waals surface area contributed by atoms with Crippen molar-refractivity contribution in [3.8, 4) is 0 Å². The van der Waals surface area contributed by atoms with Gasteiger partial charge in [-0.15, -0.1) is 0 Å². The van der Waals surface area contributed by atoms with Gasteiger partial charge in [0.2, 0.25) is 0 Å². The number of carbonyl (C=O) groups is 3. The van der Waals surface area contributed by atoms with Crippen LogP contribution in [0.15, 0.2) is 18.1 Å². The van der Waals surface area contributed by atoms with Crippen LogP contribution in [0.5, 0.6) is 0 Å². The molecule has 0 saturated carbocycles. The highest BCUT2D eigenvalue weighted by Crippen LogP contribution is 2.27. The summed E-state index contributed by atoms with van der Waals surface area (Å²) in [6, 6.07) is 0. The van der Waals surface area contributed by atoms with E-state index in [0.29, 0.717) is 12.2 Å². The Morgan fingerprint density at radius 2 is 1.93 bits per heavy atom. The number of carboxylic acid groups (broad SMARTS) is 1. The number of hydrogen-bond acceptors (Lipinski definition) is 7. The normalized spacial score (nSPS) is 18.4. The first-order valence-electron chi connectivity index (χ1n) is 8.85. The van der Waals surface area contributed by atoms with E-state index in [1.165, 1.54) is 22.7 Å². The molecule has 0 aliphatic carbocycles. The molecular weight excluding hydrogens is 427 g/mol. The maximum atomic E-state index is 12.2. The summed E-state index contributed by atoms with van der Waals surface area (Å²) in [6.45, 7) is 8.63. The highest BCUT2D eigenvalue weighted by Gasteiger charge is 2.38. The molecule has 1 aromatic heterocycles. The lowest BCUT2D eigenvalue weighted by molar-refractivity contribution is -0.192. The van der Waals surface area contributed by atoms with Crippen LogP contribution in [0.2, 0.25) is 0 Å². The van der Waals surface area contributed by atoms with Gasteiger partial charge in [0.1, 0.15) is 11.9 Å². The Morgan fingerprint density at radius 3 is 2.43 bits per heavy atom. The van der Waals surface area contributed by atoms with E-state index in [0.717, 1.165) is 18.5 Å². The summed E-state index contributed by atoms with van der Waals surface area (Å²) in [4.78, 5) is 36.6. The molecule has 30 heavy (non-hydrogen) atoms. The molecule has 1 unspecified atom stereocenters. The second kappa shape index (κ2) is 10.6. The Balaban J connectivity index is 0.000000553. The number of carboxylic acids is 1. The first kappa shape index (κ1) is 25.7. The number of rotatable bonds is 2. The van der Waals surface area contributed by atoms with Crippen LogP contribution in [-0.2, 0) is 14.3 Å². The highest BCUT2D eigenvalue weighted by atomic mass is 32.2. The molecule has 2 heterocycles. The molecule has 8 nitrogen and oxygen atoms in total. The highest BCUT2D eigenvalue weighted by molar-refractivity contribution is 8.14. The van der Waals surface area contributed by atoms with Gasteiger partial charge in [0.05, 0.1) is 11.9 Å². The van der Waals surface area contributed by atoms with Gasteiger partial charge in [-0.05, 0) is 45.4 Å². The van der Waals surface area contributed by atoms with Crippen molar-refractivity contribution < 1.29 is 37.4 Å². The van der Waals surface area contributed by atoms with Gasteiger partial charge < -0.3 is 15.2 Å². The number of nitrogens with zero attached hydrogens (tertiary/aromatic N) is 2. The maximum absolute atomic E-state index is 12.2. The van der Waals surface area contributed by atoms with Gasteiger partial charge in [0.25, 0.3) is 0 Å². The minimum Gasteiger partial charge on any atom is -0.475 e. The molecule has 2 rings (SSSR count). The molecule has 1 aliphatic rings. The summed E-state index contributed by atoms with van der Waals surface area (Å²) >= 11 is 1.34. The van der Waals surface area contributed by atoms with Crippen molar-refractivity contribution in [1.82, 2.24) is 14.9 Å². The quantitative estimate of drug-likeness (QED) is 0.705. The van der Waals surface area contributed by atoms with Crippen LogP contribution >= 0.6 is 11.8 Å². The summed E-state index contributed by atoms with van der Waals surface area (Å²) in [5.74, 6) is -2.76. The Hall–Kier alpha value is -2.34. The van der Waals surface area contributed by atoms with Crippen molar-refractivity contribution in [2.24, 2.45) is 0 Å². The lowest BCUT2D eigenvalue weighted by Crippen LogP contribution is -2.32. The number of hydrogen-bond donors (Lipinski definition) is 2. The summed E-state index contributed by atoms with van der Waals surface area (Å²) in [5, 5.41) is 10.7. The van der Waals surface area contributed by atoms with Crippen LogP contribution in [0.3, 0.4) is 0 Å². The molecule has 1 aromatic rings. The SMILES string of the molecule is CC(=O)SC1CCNC/C1=C\c1cncn1C(=O)OC(C)(C)C.O=C(O)C(F)(F)F. The van der Waals surface area contributed by atoms with Gasteiger partial charge in [-0.1, -0.05) is 11.8 Å². The van der Waals surface area contributed by atoms with Crippen molar-refractivity contribution in [2.45, 2.75) is 51.1 Å². The van der Waals surface area contributed by atoms with Crippen molar-refractivity contribution in [3.05, 3.63) is 23.8 Å². The molecule has 0 radical (unpaired) electrons. The van der Waals surface area contributed by atoms with Crippen molar-refractivity contribution in [1.29, 1.82) is 0 Å². The predicted octanol–water partition coefficient (Wildman–Crippen LogP) is 3.32. The molecule has 12 heteroatoms. The molecule has 0 aromatic carbocycles. The molecule has 0 bridgehead atoms. The number of halogens is 3. The van der Waals surface area contributed by atoms with Gasteiger partial charge in [-0.3, -0.25) is 4.79 Å². The minimum absolute atomic E-state index is 0.100. The van der Waals surface area contributed by atoms with Gasteiger partial charge in [0.15, 0.2) is 5.12 Å². The Morgan fingerprint density at radius 1 is 1.33 bits per heavy atom. The maximum Gasteiger partial charge on any atom is 0.490 e. The van der Waals surface area contributed by atoms with Crippen LogP contribution in [0.4, 0.5) is 18.0 Å². The van der Waals surface area contributed by atoms with Crippen LogP contribution < -0.4 is 5.32 Å². The number of ether oxygens (including phenoxy) is 1. The zero-order valence-corrected chi connectivity index (χ0v) is 17.8. The summed E-state index contributed by atoms with van der Waals surface area (Å²) < 4.78 is 38.5. The van der Waals surface area contributed by atoms with Gasteiger partial charge in [0, 0.05) is 18.7 Å². The molecule has 0 spiro atoms. The second-order valence-electron chi connectivity index (χ2n) is 7.25. The van der Waals surface area contributed by atoms with Gasteiger partial charge in [-0.2, -0.15) is 13.2 Å². The number of nitrogens with one attached hydrogen (secondary N) is 1. The molecule has 1 fully saturated rings. The van der Waals surface area contributed by atoms with Crippen LogP contribution in [-0.4, -0.2) is 62.0 Å². The zero-order valence-electron chi connectivity index (χ0n) is 16.9. The number of piperidine rings is 1. The van der Waals surface area contributed by atoms with E-state index >= 15 is 0 Å². The lowest BCUT2D eigenvalue weighted by Gasteiger charge is -2.25. The molecule has 1 aliphatic heterocycles. The number of aliphatic carboxylic acids is 1. The first-order valence-corrected chi connectivity index (χ1v) is 9.73. The fourth-order valence-electron chi connectivity index (χ4n) is 2.31. The predicted molar refractivity (Wildman–Crippen MR) is 105 cm³/mol. The molecule has 1 atom stereocenters. The van der Waals surface area contributed by atoms with Crippen LogP contribution in [0.25, 0.3) is 6.08 Å². The fourth-order valence-corrected chi connectivity index (χ4v) is 3.25. The Kier molecular flexibility index (Phi) is 9.09. The summed E-state index contributed by atoms with van der Waals surface area (Å²) in [7, 11) is 0. The van der Waals surface area contributed by atoms with E-state index in [4.69, 9.17) is 14.6 Å². The van der Waals surface area contributed by atoms with Crippen molar-refractivity contribution in [3.63, 3.8) is 0 Å². The van der Waals surface area contributed by atoms with Crippen LogP contribution in [0, 0.1) is 0 Å². The third kappa shape index (κ3) is 8.99. The third-order valence-electron chi connectivity index (χ3n) is 3.47. The Bertz CT molecular complexity index is 800.